The fourth-order valence-corrected chi connectivity index (χ4v) is 3.84. The molecular formula is C24H17ClF2N4O2. The molecule has 1 atom stereocenters. The Hall–Kier alpha value is -3.83. The van der Waals surface area contributed by atoms with E-state index in [4.69, 9.17) is 16.0 Å². The van der Waals surface area contributed by atoms with E-state index in [0.29, 0.717) is 11.3 Å². The molecule has 0 aliphatic heterocycles. The second kappa shape index (κ2) is 8.60. The Morgan fingerprint density at radius 3 is 2.67 bits per heavy atom. The zero-order valence-electron chi connectivity index (χ0n) is 17.8. The monoisotopic (exact) mass is 466 g/mol. The van der Waals surface area contributed by atoms with Gasteiger partial charge in [-0.1, -0.05) is 17.7 Å². The largest absolute Gasteiger partial charge is 0.455 e. The van der Waals surface area contributed by atoms with Crippen LogP contribution in [0.5, 0.6) is 0 Å². The molecule has 4 aromatic rings. The fraction of sp³-hybridized carbons (Fsp3) is 0.167. The highest BCUT2D eigenvalue weighted by atomic mass is 35.5. The summed E-state index contributed by atoms with van der Waals surface area (Å²) in [5.74, 6) is -2.19. The number of nitrogens with zero attached hydrogens (tertiary/aromatic N) is 3. The molecule has 0 aliphatic rings. The summed E-state index contributed by atoms with van der Waals surface area (Å²) in [7, 11) is 0. The van der Waals surface area contributed by atoms with Crippen molar-refractivity contribution in [3.63, 3.8) is 0 Å². The smallest absolute Gasteiger partial charge is 0.226 e. The van der Waals surface area contributed by atoms with Crippen LogP contribution in [0.15, 0.2) is 45.7 Å². The summed E-state index contributed by atoms with van der Waals surface area (Å²) in [6.07, 6.45) is 0.996. The number of pyridine rings is 2. The third kappa shape index (κ3) is 4.03. The third-order valence-electron chi connectivity index (χ3n) is 5.28. The minimum absolute atomic E-state index is 0.0686. The molecule has 0 spiro atoms. The number of aromatic nitrogens is 2. The van der Waals surface area contributed by atoms with Gasteiger partial charge in [0.25, 0.3) is 0 Å². The summed E-state index contributed by atoms with van der Waals surface area (Å²) in [4.78, 5) is 20.6. The maximum absolute atomic E-state index is 14.5. The van der Waals surface area contributed by atoms with Gasteiger partial charge in [-0.25, -0.2) is 14.4 Å². The molecule has 9 heteroatoms. The summed E-state index contributed by atoms with van der Waals surface area (Å²) in [6, 6.07) is 9.13. The maximum Gasteiger partial charge on any atom is 0.226 e. The molecule has 1 aromatic carbocycles. The summed E-state index contributed by atoms with van der Waals surface area (Å²) < 4.78 is 34.9. The van der Waals surface area contributed by atoms with Crippen molar-refractivity contribution in [3.05, 3.63) is 86.1 Å². The van der Waals surface area contributed by atoms with Crippen LogP contribution in [0.4, 0.5) is 14.5 Å². The maximum atomic E-state index is 14.5. The number of aryl methyl sites for hydroxylation is 1. The Labute approximate surface area is 192 Å². The molecule has 166 valence electrons. The highest BCUT2D eigenvalue weighted by molar-refractivity contribution is 6.29. The van der Waals surface area contributed by atoms with E-state index in [1.807, 2.05) is 13.0 Å². The van der Waals surface area contributed by atoms with Crippen LogP contribution in [0, 0.1) is 36.9 Å². The number of halogens is 3. The summed E-state index contributed by atoms with van der Waals surface area (Å²) >= 11 is 5.88. The van der Waals surface area contributed by atoms with Crippen LogP contribution >= 0.6 is 11.6 Å². The van der Waals surface area contributed by atoms with Gasteiger partial charge in [0.1, 0.15) is 33.9 Å². The van der Waals surface area contributed by atoms with E-state index in [-0.39, 0.29) is 33.1 Å². The zero-order valence-corrected chi connectivity index (χ0v) is 18.6. The highest BCUT2D eigenvalue weighted by Gasteiger charge is 2.23. The molecule has 0 aliphatic carbocycles. The van der Waals surface area contributed by atoms with Crippen molar-refractivity contribution in [2.75, 3.05) is 5.32 Å². The Bertz CT molecular complexity index is 1490. The highest BCUT2D eigenvalue weighted by Crippen LogP contribution is 2.34. The Balaban J connectivity index is 1.94. The average Bonchev–Trinajstić information content (AvgIpc) is 2.78. The van der Waals surface area contributed by atoms with Gasteiger partial charge in [0.05, 0.1) is 17.1 Å². The lowest BCUT2D eigenvalue weighted by atomic mass is 9.99. The number of hydrogen-bond acceptors (Lipinski definition) is 6. The lowest BCUT2D eigenvalue weighted by molar-refractivity contribution is 0.536. The van der Waals surface area contributed by atoms with Crippen LogP contribution in [-0.2, 0) is 0 Å². The van der Waals surface area contributed by atoms with E-state index >= 15 is 0 Å². The van der Waals surface area contributed by atoms with Gasteiger partial charge in [0.2, 0.25) is 5.95 Å². The molecule has 0 bridgehead atoms. The Morgan fingerprint density at radius 1 is 1.21 bits per heavy atom. The first-order valence-electron chi connectivity index (χ1n) is 9.92. The number of fused-ring (bicyclic) bond motifs is 1. The van der Waals surface area contributed by atoms with Crippen molar-refractivity contribution in [1.29, 1.82) is 5.26 Å². The van der Waals surface area contributed by atoms with Crippen LogP contribution in [0.3, 0.4) is 0 Å². The predicted octanol–water partition coefficient (Wildman–Crippen LogP) is 5.84. The SMILES string of the molecule is Cc1cc([C@@H](C)Nc2ccc(Cl)nc2C#N)c2oc(-c3c(F)ccnc3F)c(C)c(=O)c2c1. The van der Waals surface area contributed by atoms with E-state index in [1.54, 1.807) is 31.2 Å². The van der Waals surface area contributed by atoms with Crippen LogP contribution in [-0.4, -0.2) is 9.97 Å². The second-order valence-corrected chi connectivity index (χ2v) is 7.97. The average molecular weight is 467 g/mol. The van der Waals surface area contributed by atoms with Crippen LogP contribution in [0.25, 0.3) is 22.3 Å². The van der Waals surface area contributed by atoms with Crippen LogP contribution in [0.1, 0.15) is 35.3 Å². The van der Waals surface area contributed by atoms with E-state index < -0.39 is 28.8 Å². The minimum Gasteiger partial charge on any atom is -0.455 e. The first-order valence-corrected chi connectivity index (χ1v) is 10.3. The molecule has 0 radical (unpaired) electrons. The van der Waals surface area contributed by atoms with Gasteiger partial charge in [0, 0.05) is 17.3 Å². The first-order chi connectivity index (χ1) is 15.7. The van der Waals surface area contributed by atoms with Crippen molar-refractivity contribution < 1.29 is 13.2 Å². The van der Waals surface area contributed by atoms with Gasteiger partial charge in [-0.2, -0.15) is 9.65 Å². The molecule has 0 fully saturated rings. The minimum atomic E-state index is -1.08. The second-order valence-electron chi connectivity index (χ2n) is 7.58. The van der Waals surface area contributed by atoms with Crippen LogP contribution in [0.2, 0.25) is 5.15 Å². The quantitative estimate of drug-likeness (QED) is 0.380. The molecule has 1 N–H and O–H groups in total. The van der Waals surface area contributed by atoms with Gasteiger partial charge in [-0.3, -0.25) is 4.79 Å². The first kappa shape index (κ1) is 22.4. The molecule has 0 unspecified atom stereocenters. The number of benzene rings is 1. The van der Waals surface area contributed by atoms with Gasteiger partial charge in [0.15, 0.2) is 11.1 Å². The van der Waals surface area contributed by atoms with Crippen molar-refractivity contribution in [2.45, 2.75) is 26.8 Å². The number of nitriles is 1. The predicted molar refractivity (Wildman–Crippen MR) is 121 cm³/mol. The van der Waals surface area contributed by atoms with Crippen molar-refractivity contribution in [3.8, 4) is 17.4 Å². The van der Waals surface area contributed by atoms with E-state index in [2.05, 4.69) is 15.3 Å². The molecule has 0 amide bonds. The lowest BCUT2D eigenvalue weighted by Gasteiger charge is -2.19. The van der Waals surface area contributed by atoms with Crippen molar-refractivity contribution in [2.24, 2.45) is 0 Å². The number of rotatable bonds is 4. The topological polar surface area (TPSA) is 91.8 Å². The Kier molecular flexibility index (Phi) is 5.83. The number of hydrogen-bond donors (Lipinski definition) is 1. The molecule has 0 saturated heterocycles. The summed E-state index contributed by atoms with van der Waals surface area (Å²) in [6.45, 7) is 5.08. The van der Waals surface area contributed by atoms with E-state index in [0.717, 1.165) is 17.8 Å². The summed E-state index contributed by atoms with van der Waals surface area (Å²) in [5.41, 5.74) is 1.22. The molecule has 6 nitrogen and oxygen atoms in total. The van der Waals surface area contributed by atoms with Gasteiger partial charge >= 0.3 is 0 Å². The van der Waals surface area contributed by atoms with Crippen molar-refractivity contribution in [1.82, 2.24) is 9.97 Å². The van der Waals surface area contributed by atoms with Gasteiger partial charge in [-0.05, 0) is 50.6 Å². The standard InChI is InChI=1S/C24H17ClF2N4O2/c1-11-8-14(13(3)30-17-4-5-19(25)31-18(17)10-28)23-15(9-11)21(32)12(2)22(33-23)20-16(26)6-7-29-24(20)27/h4-9,13,30H,1-3H3/t13-/m1/s1. The van der Waals surface area contributed by atoms with E-state index in [9.17, 15) is 18.8 Å². The van der Waals surface area contributed by atoms with Crippen LogP contribution < -0.4 is 10.7 Å². The fourth-order valence-electron chi connectivity index (χ4n) is 3.69. The zero-order chi connectivity index (χ0) is 23.9. The third-order valence-corrected chi connectivity index (χ3v) is 5.49. The Morgan fingerprint density at radius 2 is 1.97 bits per heavy atom. The molecule has 0 saturated carbocycles. The molecule has 33 heavy (non-hydrogen) atoms. The molecular weight excluding hydrogens is 450 g/mol. The lowest BCUT2D eigenvalue weighted by Crippen LogP contribution is -2.13. The molecule has 3 heterocycles. The number of anilines is 1. The van der Waals surface area contributed by atoms with Crippen molar-refractivity contribution >= 4 is 28.3 Å². The summed E-state index contributed by atoms with van der Waals surface area (Å²) in [5, 5.41) is 13.0. The van der Waals surface area contributed by atoms with Gasteiger partial charge < -0.3 is 9.73 Å². The van der Waals surface area contributed by atoms with E-state index in [1.165, 1.54) is 6.92 Å². The molecule has 4 rings (SSSR count). The number of nitrogens with one attached hydrogen (secondary N) is 1. The molecule has 3 aromatic heterocycles. The normalized spacial score (nSPS) is 11.9. The van der Waals surface area contributed by atoms with Gasteiger partial charge in [-0.15, -0.1) is 0 Å².